The molecule has 0 bridgehead atoms. The molecule has 88 valence electrons. The van der Waals surface area contributed by atoms with Crippen LogP contribution in [-0.4, -0.2) is 24.0 Å². The molecule has 6 heteroatoms. The summed E-state index contributed by atoms with van der Waals surface area (Å²) in [5.74, 6) is 0.790. The molecule has 0 atom stereocenters. The molecule has 2 aromatic rings. The van der Waals surface area contributed by atoms with Crippen molar-refractivity contribution in [3.05, 3.63) is 39.0 Å². The van der Waals surface area contributed by atoms with Crippen molar-refractivity contribution in [1.29, 1.82) is 0 Å². The third-order valence-electron chi connectivity index (χ3n) is 2.44. The van der Waals surface area contributed by atoms with Gasteiger partial charge in [-0.05, 0) is 22.0 Å². The number of nitro groups is 1. The molecule has 0 saturated carbocycles. The Balaban J connectivity index is 2.77. The van der Waals surface area contributed by atoms with Crippen LogP contribution in [0.15, 0.2) is 28.9 Å². The maximum absolute atomic E-state index is 10.7. The predicted octanol–water partition coefficient (Wildman–Crippen LogP) is 2.97. The maximum atomic E-state index is 10.7. The van der Waals surface area contributed by atoms with Crippen LogP contribution >= 0.6 is 15.9 Å². The molecule has 5 nitrogen and oxygen atoms in total. The molecule has 0 unspecified atom stereocenters. The number of halogens is 1. The highest BCUT2D eigenvalue weighted by Crippen LogP contribution is 2.31. The summed E-state index contributed by atoms with van der Waals surface area (Å²) in [5, 5.41) is 12.4. The smallest absolute Gasteiger partial charge is 0.270 e. The van der Waals surface area contributed by atoms with E-state index < -0.39 is 4.92 Å². The number of pyridine rings is 1. The van der Waals surface area contributed by atoms with E-state index in [1.54, 1.807) is 18.3 Å². The normalized spacial score (nSPS) is 10.5. The van der Waals surface area contributed by atoms with Crippen LogP contribution in [0.1, 0.15) is 0 Å². The first-order valence-electron chi connectivity index (χ1n) is 4.90. The number of fused-ring (bicyclic) bond motifs is 1. The second-order valence-electron chi connectivity index (χ2n) is 3.81. The second kappa shape index (κ2) is 4.29. The number of nitro benzene ring substituents is 1. The van der Waals surface area contributed by atoms with Gasteiger partial charge in [-0.2, -0.15) is 0 Å². The Morgan fingerprint density at radius 1 is 1.35 bits per heavy atom. The highest BCUT2D eigenvalue weighted by Gasteiger charge is 2.12. The van der Waals surface area contributed by atoms with Gasteiger partial charge in [-0.1, -0.05) is 0 Å². The van der Waals surface area contributed by atoms with E-state index in [1.165, 1.54) is 6.07 Å². The average molecular weight is 296 g/mol. The lowest BCUT2D eigenvalue weighted by molar-refractivity contribution is -0.384. The van der Waals surface area contributed by atoms with Crippen molar-refractivity contribution in [1.82, 2.24) is 4.98 Å². The largest absolute Gasteiger partial charge is 0.362 e. The highest BCUT2D eigenvalue weighted by molar-refractivity contribution is 9.10. The first kappa shape index (κ1) is 11.8. The van der Waals surface area contributed by atoms with E-state index in [0.29, 0.717) is 0 Å². The average Bonchev–Trinajstić information content (AvgIpc) is 2.28. The molecule has 0 aliphatic carbocycles. The summed E-state index contributed by atoms with van der Waals surface area (Å²) < 4.78 is 0.752. The molecule has 0 fully saturated rings. The fourth-order valence-corrected chi connectivity index (χ4v) is 2.08. The topological polar surface area (TPSA) is 59.3 Å². The molecule has 2 rings (SSSR count). The Kier molecular flexibility index (Phi) is 2.97. The van der Waals surface area contributed by atoms with Gasteiger partial charge < -0.3 is 4.90 Å². The summed E-state index contributed by atoms with van der Waals surface area (Å²) in [7, 11) is 3.77. The quantitative estimate of drug-likeness (QED) is 0.631. The fourth-order valence-electron chi connectivity index (χ4n) is 1.65. The van der Waals surface area contributed by atoms with Gasteiger partial charge in [0.15, 0.2) is 0 Å². The molecule has 0 aliphatic rings. The van der Waals surface area contributed by atoms with Crippen molar-refractivity contribution in [3.63, 3.8) is 0 Å². The SMILES string of the molecule is CN(C)c1ncc(Br)c2cc([N+](=O)[O-])ccc12. The summed E-state index contributed by atoms with van der Waals surface area (Å²) in [4.78, 5) is 16.5. The Morgan fingerprint density at radius 3 is 2.65 bits per heavy atom. The summed E-state index contributed by atoms with van der Waals surface area (Å²) in [6, 6.07) is 4.76. The van der Waals surface area contributed by atoms with Gasteiger partial charge in [-0.25, -0.2) is 4.98 Å². The fraction of sp³-hybridized carbons (Fsp3) is 0.182. The zero-order valence-corrected chi connectivity index (χ0v) is 10.9. The number of benzene rings is 1. The molecule has 0 radical (unpaired) electrons. The van der Waals surface area contributed by atoms with Gasteiger partial charge in [-0.15, -0.1) is 0 Å². The zero-order valence-electron chi connectivity index (χ0n) is 9.35. The molecule has 1 aromatic carbocycles. The zero-order chi connectivity index (χ0) is 12.6. The van der Waals surface area contributed by atoms with Crippen LogP contribution in [-0.2, 0) is 0 Å². The molecule has 17 heavy (non-hydrogen) atoms. The van der Waals surface area contributed by atoms with Crippen molar-refractivity contribution < 1.29 is 4.92 Å². The minimum atomic E-state index is -0.401. The van der Waals surface area contributed by atoms with Crippen molar-refractivity contribution in [2.24, 2.45) is 0 Å². The van der Waals surface area contributed by atoms with E-state index in [9.17, 15) is 10.1 Å². The predicted molar refractivity (Wildman–Crippen MR) is 70.4 cm³/mol. The molecule has 0 saturated heterocycles. The van der Waals surface area contributed by atoms with Gasteiger partial charge in [0.05, 0.1) is 4.92 Å². The van der Waals surface area contributed by atoms with E-state index in [4.69, 9.17) is 0 Å². The van der Waals surface area contributed by atoms with E-state index in [1.807, 2.05) is 19.0 Å². The molecule has 1 heterocycles. The molecular weight excluding hydrogens is 286 g/mol. The number of anilines is 1. The van der Waals surface area contributed by atoms with Crippen molar-refractivity contribution >= 4 is 38.2 Å². The van der Waals surface area contributed by atoms with E-state index >= 15 is 0 Å². The summed E-state index contributed by atoms with van der Waals surface area (Å²) in [6.07, 6.45) is 1.65. The third-order valence-corrected chi connectivity index (χ3v) is 3.07. The standard InChI is InChI=1S/C11H10BrN3O2/c1-14(2)11-8-4-3-7(15(16)17)5-9(8)10(12)6-13-11/h3-6H,1-2H3. The van der Waals surface area contributed by atoms with Crippen LogP contribution in [0.3, 0.4) is 0 Å². The Morgan fingerprint density at radius 2 is 2.06 bits per heavy atom. The number of hydrogen-bond acceptors (Lipinski definition) is 4. The van der Waals surface area contributed by atoms with E-state index in [0.717, 1.165) is 21.1 Å². The number of non-ortho nitro benzene ring substituents is 1. The van der Waals surface area contributed by atoms with Crippen molar-refractivity contribution in [2.45, 2.75) is 0 Å². The first-order valence-corrected chi connectivity index (χ1v) is 5.70. The van der Waals surface area contributed by atoms with Gasteiger partial charge in [0.25, 0.3) is 5.69 Å². The van der Waals surface area contributed by atoms with Gasteiger partial charge in [0, 0.05) is 47.7 Å². The summed E-state index contributed by atoms with van der Waals surface area (Å²) in [5.41, 5.74) is 0.0779. The van der Waals surface area contributed by atoms with Crippen LogP contribution in [0.2, 0.25) is 0 Å². The highest BCUT2D eigenvalue weighted by atomic mass is 79.9. The molecule has 0 N–H and O–H groups in total. The van der Waals surface area contributed by atoms with Crippen LogP contribution in [0.5, 0.6) is 0 Å². The van der Waals surface area contributed by atoms with Gasteiger partial charge in [0.2, 0.25) is 0 Å². The third kappa shape index (κ3) is 2.08. The molecule has 0 amide bonds. The van der Waals surface area contributed by atoms with Crippen LogP contribution < -0.4 is 4.90 Å². The second-order valence-corrected chi connectivity index (χ2v) is 4.67. The summed E-state index contributed by atoms with van der Waals surface area (Å²) in [6.45, 7) is 0. The van der Waals surface area contributed by atoms with Crippen LogP contribution in [0.25, 0.3) is 10.8 Å². The number of aromatic nitrogens is 1. The monoisotopic (exact) mass is 295 g/mol. The van der Waals surface area contributed by atoms with Crippen LogP contribution in [0, 0.1) is 10.1 Å². The van der Waals surface area contributed by atoms with Gasteiger partial charge in [0.1, 0.15) is 5.82 Å². The minimum absolute atomic E-state index is 0.0779. The Bertz CT molecular complexity index is 599. The number of hydrogen-bond donors (Lipinski definition) is 0. The number of rotatable bonds is 2. The Labute approximate surface area is 106 Å². The number of nitrogens with zero attached hydrogens (tertiary/aromatic N) is 3. The lowest BCUT2D eigenvalue weighted by Crippen LogP contribution is -2.11. The lowest BCUT2D eigenvalue weighted by Gasteiger charge is -2.14. The first-order chi connectivity index (χ1) is 8.00. The molecule has 0 spiro atoms. The van der Waals surface area contributed by atoms with Gasteiger partial charge >= 0.3 is 0 Å². The van der Waals surface area contributed by atoms with Crippen molar-refractivity contribution in [3.8, 4) is 0 Å². The van der Waals surface area contributed by atoms with Crippen molar-refractivity contribution in [2.75, 3.05) is 19.0 Å². The lowest BCUT2D eigenvalue weighted by atomic mass is 10.1. The molecule has 1 aromatic heterocycles. The minimum Gasteiger partial charge on any atom is -0.362 e. The summed E-state index contributed by atoms with van der Waals surface area (Å²) >= 11 is 3.36. The van der Waals surface area contributed by atoms with Crippen LogP contribution in [0.4, 0.5) is 11.5 Å². The molecular formula is C11H10BrN3O2. The maximum Gasteiger partial charge on any atom is 0.270 e. The van der Waals surface area contributed by atoms with E-state index in [-0.39, 0.29) is 5.69 Å². The van der Waals surface area contributed by atoms with E-state index in [2.05, 4.69) is 20.9 Å². The van der Waals surface area contributed by atoms with Gasteiger partial charge in [-0.3, -0.25) is 10.1 Å². The Hall–Kier alpha value is -1.69. The molecule has 0 aliphatic heterocycles.